The van der Waals surface area contributed by atoms with Gasteiger partial charge in [0.2, 0.25) is 15.6 Å². The first-order chi connectivity index (χ1) is 18.8. The van der Waals surface area contributed by atoms with E-state index < -0.39 is 51.8 Å². The van der Waals surface area contributed by atoms with Crippen molar-refractivity contribution in [2.24, 2.45) is 11.1 Å². The number of ketones is 1. The molecular weight excluding hydrogens is 538 g/mol. The van der Waals surface area contributed by atoms with E-state index in [4.69, 9.17) is 10.4 Å². The van der Waals surface area contributed by atoms with Crippen molar-refractivity contribution in [2.75, 3.05) is 17.6 Å². The number of Topliss-reactive ketones (excluding diaryl/α,β-unsaturated/α-hetero) is 1. The number of sulfonamides is 1. The maximum atomic E-state index is 14.1. The first-order valence-corrected chi connectivity index (χ1v) is 14.2. The fourth-order valence-corrected chi connectivity index (χ4v) is 6.08. The van der Waals surface area contributed by atoms with Crippen molar-refractivity contribution in [3.63, 3.8) is 0 Å². The van der Waals surface area contributed by atoms with Crippen molar-refractivity contribution in [3.8, 4) is 0 Å². The van der Waals surface area contributed by atoms with E-state index >= 15 is 0 Å². The van der Waals surface area contributed by atoms with Crippen molar-refractivity contribution < 1.29 is 37.5 Å². The van der Waals surface area contributed by atoms with Gasteiger partial charge in [-0.05, 0) is 18.1 Å². The molecule has 0 radical (unpaired) electrons. The minimum absolute atomic E-state index is 0.177. The number of para-hydroxylation sites is 1. The molecule has 1 aliphatic heterocycles. The molecule has 1 unspecified atom stereocenters. The summed E-state index contributed by atoms with van der Waals surface area (Å²) < 4.78 is 27.4. The Morgan fingerprint density at radius 3 is 2.20 bits per heavy atom. The summed E-state index contributed by atoms with van der Waals surface area (Å²) in [5.41, 5.74) is 8.06. The molecule has 0 saturated carbocycles. The highest BCUT2D eigenvalue weighted by molar-refractivity contribution is 7.92. The molecule has 2 aromatic carbocycles. The summed E-state index contributed by atoms with van der Waals surface area (Å²) in [6.45, 7) is 3.64. The minimum Gasteiger partial charge on any atom is -0.481 e. The summed E-state index contributed by atoms with van der Waals surface area (Å²) in [5.74, 6) is -3.35. The lowest BCUT2D eigenvalue weighted by Crippen LogP contribution is -2.54. The topological polar surface area (TPSA) is 170 Å². The zero-order chi connectivity index (χ0) is 29.7. The van der Waals surface area contributed by atoms with Crippen molar-refractivity contribution in [1.29, 1.82) is 0 Å². The van der Waals surface area contributed by atoms with Gasteiger partial charge in [-0.3, -0.25) is 18.7 Å². The monoisotopic (exact) mass is 569 g/mol. The third-order valence-electron chi connectivity index (χ3n) is 6.60. The van der Waals surface area contributed by atoms with Crippen molar-refractivity contribution in [3.05, 3.63) is 71.8 Å². The number of nitrogens with zero attached hydrogens (tertiary/aromatic N) is 5. The van der Waals surface area contributed by atoms with E-state index in [0.717, 1.165) is 11.2 Å². The molecule has 1 N–H and O–H groups in total. The van der Waals surface area contributed by atoms with Gasteiger partial charge in [-0.15, -0.1) is 0 Å². The van der Waals surface area contributed by atoms with Gasteiger partial charge in [-0.25, -0.2) is 8.42 Å². The van der Waals surface area contributed by atoms with Crippen molar-refractivity contribution in [2.45, 2.75) is 44.4 Å². The Labute approximate surface area is 232 Å². The fraction of sp³-hybridized carbons (Fsp3) is 0.370. The van der Waals surface area contributed by atoms with E-state index in [1.807, 2.05) is 13.8 Å². The summed E-state index contributed by atoms with van der Waals surface area (Å²) in [6.07, 6.45) is 0.683. The third-order valence-corrected chi connectivity index (χ3v) is 7.75. The summed E-state index contributed by atoms with van der Waals surface area (Å²) in [7, 11) is -2.58. The van der Waals surface area contributed by atoms with Crippen LogP contribution >= 0.6 is 0 Å². The number of likely N-dealkylation sites (N-methyl/N-ethyl adjacent to an activating group) is 1. The van der Waals surface area contributed by atoms with Crippen LogP contribution in [0.25, 0.3) is 5.53 Å². The Balaban J connectivity index is 2.11. The third kappa shape index (κ3) is 6.27. The molecule has 0 bridgehead atoms. The molecule has 212 valence electrons. The molecule has 1 amide bonds. The van der Waals surface area contributed by atoms with Crippen molar-refractivity contribution >= 4 is 45.3 Å². The predicted molar refractivity (Wildman–Crippen MR) is 147 cm³/mol. The van der Waals surface area contributed by atoms with Crippen LogP contribution in [-0.2, 0) is 34.8 Å². The Morgan fingerprint density at radius 1 is 1.12 bits per heavy atom. The van der Waals surface area contributed by atoms with Gasteiger partial charge in [-0.2, -0.15) is 4.79 Å². The number of oxime groups is 1. The average Bonchev–Trinajstić information content (AvgIpc) is 3.35. The number of hydrogen-bond acceptors (Lipinski definition) is 7. The molecule has 13 heteroatoms. The van der Waals surface area contributed by atoms with E-state index in [-0.39, 0.29) is 18.1 Å². The number of benzene rings is 2. The maximum absolute atomic E-state index is 14.1. The first-order valence-electron chi connectivity index (χ1n) is 12.4. The smallest absolute Gasteiger partial charge is 0.325 e. The normalized spacial score (nSPS) is 18.1. The molecule has 0 aliphatic carbocycles. The molecule has 0 spiro atoms. The Morgan fingerprint density at radius 2 is 1.70 bits per heavy atom. The lowest BCUT2D eigenvalue weighted by molar-refractivity contribution is -0.160. The molecule has 12 nitrogen and oxygen atoms in total. The summed E-state index contributed by atoms with van der Waals surface area (Å²) in [6, 6.07) is 14.5. The van der Waals surface area contributed by atoms with Gasteiger partial charge in [0.25, 0.3) is 11.7 Å². The van der Waals surface area contributed by atoms with Gasteiger partial charge in [0.1, 0.15) is 6.04 Å². The Bertz CT molecular complexity index is 1440. The second kappa shape index (κ2) is 12.2. The molecule has 2 aromatic rings. The van der Waals surface area contributed by atoms with Crippen LogP contribution in [-0.4, -0.2) is 78.2 Å². The van der Waals surface area contributed by atoms with Gasteiger partial charge in [0.05, 0.1) is 30.1 Å². The lowest BCUT2D eigenvalue weighted by Gasteiger charge is -2.36. The number of amides is 1. The second-order valence-corrected chi connectivity index (χ2v) is 11.7. The van der Waals surface area contributed by atoms with Crippen LogP contribution < -0.4 is 4.31 Å². The molecule has 40 heavy (non-hydrogen) atoms. The Kier molecular flexibility index (Phi) is 9.23. The minimum atomic E-state index is -3.83. The molecule has 0 fully saturated rings. The van der Waals surface area contributed by atoms with E-state index in [1.54, 1.807) is 60.7 Å². The van der Waals surface area contributed by atoms with Crippen LogP contribution in [0.4, 0.5) is 5.69 Å². The summed E-state index contributed by atoms with van der Waals surface area (Å²) in [5, 5.41) is 13.6. The van der Waals surface area contributed by atoms with Gasteiger partial charge in [0, 0.05) is 19.0 Å². The maximum Gasteiger partial charge on any atom is 0.325 e. The molecule has 3 atom stereocenters. The van der Waals surface area contributed by atoms with E-state index in [9.17, 15) is 27.9 Å². The zero-order valence-corrected chi connectivity index (χ0v) is 23.4. The number of carbonyl (C=O) groups is 3. The largest absolute Gasteiger partial charge is 0.481 e. The average molecular weight is 570 g/mol. The quantitative estimate of drug-likeness (QED) is 0.232. The number of aliphatic carboxylic acids is 1. The number of rotatable bonds is 12. The molecular formula is C27H31N5O7S. The highest BCUT2D eigenvalue weighted by Gasteiger charge is 2.54. The van der Waals surface area contributed by atoms with Crippen LogP contribution in [0.15, 0.2) is 65.8 Å². The highest BCUT2D eigenvalue weighted by Crippen LogP contribution is 2.40. The fourth-order valence-electron chi connectivity index (χ4n) is 4.80. The Hall–Kier alpha value is -4.35. The molecule has 0 aromatic heterocycles. The second-order valence-electron chi connectivity index (χ2n) is 9.80. The van der Waals surface area contributed by atoms with Gasteiger partial charge in [-0.1, -0.05) is 67.5 Å². The van der Waals surface area contributed by atoms with Gasteiger partial charge in [0.15, 0.2) is 0 Å². The van der Waals surface area contributed by atoms with E-state index in [1.165, 1.54) is 11.4 Å². The number of carboxylic acid groups (broad SMARTS) is 1. The van der Waals surface area contributed by atoms with Crippen molar-refractivity contribution in [1.82, 2.24) is 4.90 Å². The van der Waals surface area contributed by atoms with Crippen LogP contribution in [0.1, 0.15) is 32.3 Å². The molecule has 1 heterocycles. The lowest BCUT2D eigenvalue weighted by atomic mass is 9.83. The molecule has 0 saturated heterocycles. The highest BCUT2D eigenvalue weighted by atomic mass is 32.2. The number of carbonyl (C=O) groups excluding carboxylic acids is 2. The predicted octanol–water partition coefficient (Wildman–Crippen LogP) is 2.32. The summed E-state index contributed by atoms with van der Waals surface area (Å²) in [4.78, 5) is 47.7. The van der Waals surface area contributed by atoms with E-state index in [2.05, 4.69) is 9.95 Å². The van der Waals surface area contributed by atoms with Gasteiger partial charge < -0.3 is 20.4 Å². The zero-order valence-electron chi connectivity index (χ0n) is 22.5. The standard InChI is InChI=1S/C27H31N5O7S/c1-18(2)25(32(40(4,37)38)20-13-9-6-10-14-20)21-16-27(39-30-21,19-11-7-5-8-12-19)26(36)31(3)22(15-24(34)35)23(33)17-29-28/h5-14,17-18,22,25H,15-16H2,1-4H3,(H,34,35)/t22-,25-,27?/m0/s1. The summed E-state index contributed by atoms with van der Waals surface area (Å²) >= 11 is 0. The van der Waals surface area contributed by atoms with Crippen LogP contribution in [0.5, 0.6) is 0 Å². The van der Waals surface area contributed by atoms with Gasteiger partial charge >= 0.3 is 12.2 Å². The molecule has 3 rings (SSSR count). The first kappa shape index (κ1) is 30.2. The van der Waals surface area contributed by atoms with Crippen LogP contribution in [0, 0.1) is 5.92 Å². The van der Waals surface area contributed by atoms with E-state index in [0.29, 0.717) is 17.5 Å². The van der Waals surface area contributed by atoms with Crippen LogP contribution in [0.2, 0.25) is 0 Å². The number of hydrogen-bond donors (Lipinski definition) is 1. The number of anilines is 1. The number of carboxylic acids is 1. The molecule has 1 aliphatic rings. The SMILES string of the molecule is CC(C)[C@@H](C1=NOC(C(=O)N(C)[C@@H](CC(=O)O)C(=O)C=[N+]=[N-])(c2ccccc2)C1)N(c1ccccc1)S(C)(=O)=O. The van der Waals surface area contributed by atoms with Crippen LogP contribution in [0.3, 0.4) is 0 Å².